The summed E-state index contributed by atoms with van der Waals surface area (Å²) in [5, 5.41) is 3.28. The molecule has 0 spiro atoms. The molecule has 2 rings (SSSR count). The molecule has 0 saturated carbocycles. The molecule has 1 atom stereocenters. The Labute approximate surface area is 109 Å². The first-order chi connectivity index (χ1) is 8.72. The van der Waals surface area contributed by atoms with E-state index in [1.165, 1.54) is 11.1 Å². The fraction of sp³-hybridized carbons (Fsp3) is 0.533. The van der Waals surface area contributed by atoms with Gasteiger partial charge in [0, 0.05) is 13.1 Å². The van der Waals surface area contributed by atoms with Crippen molar-refractivity contribution >= 4 is 5.91 Å². The Morgan fingerprint density at radius 2 is 2.22 bits per heavy atom. The van der Waals surface area contributed by atoms with Crippen molar-refractivity contribution in [1.82, 2.24) is 10.2 Å². The lowest BCUT2D eigenvalue weighted by Gasteiger charge is -2.25. The maximum absolute atomic E-state index is 12.4. The summed E-state index contributed by atoms with van der Waals surface area (Å²) in [6.07, 6.45) is 2.08. The van der Waals surface area contributed by atoms with Crippen LogP contribution in [0, 0.1) is 6.92 Å². The second-order valence-electron chi connectivity index (χ2n) is 4.93. The van der Waals surface area contributed by atoms with E-state index in [-0.39, 0.29) is 11.9 Å². The summed E-state index contributed by atoms with van der Waals surface area (Å²) >= 11 is 0. The number of hydrogen-bond acceptors (Lipinski definition) is 2. The van der Waals surface area contributed by atoms with Crippen molar-refractivity contribution in [2.45, 2.75) is 39.3 Å². The highest BCUT2D eigenvalue weighted by Crippen LogP contribution is 2.14. The van der Waals surface area contributed by atoms with Crippen LogP contribution >= 0.6 is 0 Å². The Hall–Kier alpha value is -1.35. The van der Waals surface area contributed by atoms with Crippen molar-refractivity contribution in [2.75, 3.05) is 13.1 Å². The van der Waals surface area contributed by atoms with E-state index in [2.05, 4.69) is 24.4 Å². The first kappa shape index (κ1) is 13.1. The molecule has 18 heavy (non-hydrogen) atoms. The summed E-state index contributed by atoms with van der Waals surface area (Å²) < 4.78 is 0. The van der Waals surface area contributed by atoms with Crippen LogP contribution in [0.25, 0.3) is 0 Å². The van der Waals surface area contributed by atoms with Crippen LogP contribution in [0.15, 0.2) is 24.3 Å². The minimum atomic E-state index is 0.0361. The minimum Gasteiger partial charge on any atom is -0.337 e. The Morgan fingerprint density at radius 1 is 1.44 bits per heavy atom. The molecule has 1 unspecified atom stereocenters. The Bertz CT molecular complexity index is 411. The first-order valence-corrected chi connectivity index (χ1v) is 6.79. The topological polar surface area (TPSA) is 32.3 Å². The number of carbonyl (C=O) groups is 1. The SMILES string of the molecule is CCN(Cc1ccccc1C)C(=O)C1CCCN1. The molecule has 1 aromatic rings. The number of nitrogens with one attached hydrogen (secondary N) is 1. The van der Waals surface area contributed by atoms with Crippen LogP contribution in [-0.4, -0.2) is 29.9 Å². The number of amides is 1. The Morgan fingerprint density at radius 3 is 2.83 bits per heavy atom. The van der Waals surface area contributed by atoms with Gasteiger partial charge in [-0.2, -0.15) is 0 Å². The standard InChI is InChI=1S/C15H22N2O/c1-3-17(15(18)14-9-6-10-16-14)11-13-8-5-4-7-12(13)2/h4-5,7-8,14,16H,3,6,9-11H2,1-2H3. The van der Waals surface area contributed by atoms with E-state index in [0.717, 1.165) is 32.5 Å². The van der Waals surface area contributed by atoms with Gasteiger partial charge in [-0.1, -0.05) is 24.3 Å². The van der Waals surface area contributed by atoms with Crippen LogP contribution in [0.2, 0.25) is 0 Å². The van der Waals surface area contributed by atoms with Crippen molar-refractivity contribution in [3.05, 3.63) is 35.4 Å². The van der Waals surface area contributed by atoms with Crippen molar-refractivity contribution in [3.8, 4) is 0 Å². The molecule has 0 radical (unpaired) electrons. The molecule has 3 nitrogen and oxygen atoms in total. The van der Waals surface area contributed by atoms with Gasteiger partial charge in [0.05, 0.1) is 6.04 Å². The van der Waals surface area contributed by atoms with Crippen LogP contribution < -0.4 is 5.32 Å². The van der Waals surface area contributed by atoms with E-state index < -0.39 is 0 Å². The number of nitrogens with zero attached hydrogens (tertiary/aromatic N) is 1. The molecule has 1 saturated heterocycles. The van der Waals surface area contributed by atoms with Crippen LogP contribution in [0.1, 0.15) is 30.9 Å². The fourth-order valence-corrected chi connectivity index (χ4v) is 2.45. The number of hydrogen-bond donors (Lipinski definition) is 1. The van der Waals surface area contributed by atoms with Gasteiger partial charge in [0.25, 0.3) is 0 Å². The van der Waals surface area contributed by atoms with E-state index in [0.29, 0.717) is 0 Å². The van der Waals surface area contributed by atoms with Gasteiger partial charge >= 0.3 is 0 Å². The molecular formula is C15H22N2O. The molecule has 0 aliphatic carbocycles. The van der Waals surface area contributed by atoms with Gasteiger partial charge in [0.15, 0.2) is 0 Å². The molecule has 0 bridgehead atoms. The monoisotopic (exact) mass is 246 g/mol. The predicted molar refractivity (Wildman–Crippen MR) is 73.3 cm³/mol. The van der Waals surface area contributed by atoms with Gasteiger partial charge in [0.1, 0.15) is 0 Å². The summed E-state index contributed by atoms with van der Waals surface area (Å²) in [7, 11) is 0. The summed E-state index contributed by atoms with van der Waals surface area (Å²) in [5.74, 6) is 0.248. The third kappa shape index (κ3) is 2.91. The highest BCUT2D eigenvalue weighted by atomic mass is 16.2. The number of likely N-dealkylation sites (N-methyl/N-ethyl adjacent to an activating group) is 1. The van der Waals surface area contributed by atoms with Gasteiger partial charge in [0.2, 0.25) is 5.91 Å². The molecule has 1 fully saturated rings. The maximum atomic E-state index is 12.4. The van der Waals surface area contributed by atoms with Gasteiger partial charge in [-0.3, -0.25) is 4.79 Å². The molecule has 0 aromatic heterocycles. The zero-order chi connectivity index (χ0) is 13.0. The number of carbonyl (C=O) groups excluding carboxylic acids is 1. The normalized spacial score (nSPS) is 18.9. The molecular weight excluding hydrogens is 224 g/mol. The Balaban J connectivity index is 2.05. The lowest BCUT2D eigenvalue weighted by atomic mass is 10.1. The zero-order valence-corrected chi connectivity index (χ0v) is 11.3. The predicted octanol–water partition coefficient (Wildman–Crippen LogP) is 2.10. The smallest absolute Gasteiger partial charge is 0.239 e. The quantitative estimate of drug-likeness (QED) is 0.882. The molecule has 3 heteroatoms. The molecule has 98 valence electrons. The van der Waals surface area contributed by atoms with Crippen molar-refractivity contribution in [2.24, 2.45) is 0 Å². The lowest BCUT2D eigenvalue weighted by molar-refractivity contribution is -0.133. The highest BCUT2D eigenvalue weighted by Gasteiger charge is 2.26. The van der Waals surface area contributed by atoms with E-state index in [1.807, 2.05) is 24.0 Å². The first-order valence-electron chi connectivity index (χ1n) is 6.79. The third-order valence-corrected chi connectivity index (χ3v) is 3.67. The van der Waals surface area contributed by atoms with Crippen LogP contribution in [0.3, 0.4) is 0 Å². The van der Waals surface area contributed by atoms with Crippen LogP contribution in [0.5, 0.6) is 0 Å². The summed E-state index contributed by atoms with van der Waals surface area (Å²) in [6.45, 7) is 6.61. The lowest BCUT2D eigenvalue weighted by Crippen LogP contribution is -2.43. The maximum Gasteiger partial charge on any atom is 0.239 e. The second-order valence-corrected chi connectivity index (χ2v) is 4.93. The minimum absolute atomic E-state index is 0.0361. The average molecular weight is 246 g/mol. The van der Waals surface area contributed by atoms with Crippen LogP contribution in [-0.2, 0) is 11.3 Å². The average Bonchev–Trinajstić information content (AvgIpc) is 2.91. The van der Waals surface area contributed by atoms with E-state index in [4.69, 9.17) is 0 Å². The van der Waals surface area contributed by atoms with Crippen molar-refractivity contribution in [1.29, 1.82) is 0 Å². The largest absolute Gasteiger partial charge is 0.337 e. The molecule has 1 aliphatic heterocycles. The molecule has 1 amide bonds. The van der Waals surface area contributed by atoms with Gasteiger partial charge in [-0.25, -0.2) is 0 Å². The van der Waals surface area contributed by atoms with Gasteiger partial charge in [-0.05, 0) is 44.4 Å². The molecule has 1 aliphatic rings. The zero-order valence-electron chi connectivity index (χ0n) is 11.3. The Kier molecular flexibility index (Phi) is 4.37. The molecule has 1 heterocycles. The van der Waals surface area contributed by atoms with Crippen molar-refractivity contribution < 1.29 is 4.79 Å². The van der Waals surface area contributed by atoms with Gasteiger partial charge in [-0.15, -0.1) is 0 Å². The molecule has 1 aromatic carbocycles. The highest BCUT2D eigenvalue weighted by molar-refractivity contribution is 5.82. The second kappa shape index (κ2) is 6.01. The number of benzene rings is 1. The van der Waals surface area contributed by atoms with Crippen LogP contribution in [0.4, 0.5) is 0 Å². The number of aryl methyl sites for hydroxylation is 1. The molecule has 1 N–H and O–H groups in total. The van der Waals surface area contributed by atoms with E-state index in [9.17, 15) is 4.79 Å². The fourth-order valence-electron chi connectivity index (χ4n) is 2.45. The summed E-state index contributed by atoms with van der Waals surface area (Å²) in [4.78, 5) is 14.3. The van der Waals surface area contributed by atoms with E-state index >= 15 is 0 Å². The van der Waals surface area contributed by atoms with Gasteiger partial charge < -0.3 is 10.2 Å². The third-order valence-electron chi connectivity index (χ3n) is 3.67. The summed E-state index contributed by atoms with van der Waals surface area (Å²) in [6, 6.07) is 8.31. The van der Waals surface area contributed by atoms with Crippen molar-refractivity contribution in [3.63, 3.8) is 0 Å². The number of rotatable bonds is 4. The van der Waals surface area contributed by atoms with E-state index in [1.54, 1.807) is 0 Å². The summed E-state index contributed by atoms with van der Waals surface area (Å²) in [5.41, 5.74) is 2.49.